The fourth-order valence-corrected chi connectivity index (χ4v) is 10.4. The van der Waals surface area contributed by atoms with Crippen LogP contribution in [0.5, 0.6) is 0 Å². The molecule has 0 unspecified atom stereocenters. The van der Waals surface area contributed by atoms with Crippen molar-refractivity contribution in [2.24, 2.45) is 0 Å². The molecule has 276 valence electrons. The lowest BCUT2D eigenvalue weighted by atomic mass is 9.91. The Morgan fingerprint density at radius 3 is 1.71 bits per heavy atom. The van der Waals surface area contributed by atoms with Crippen molar-refractivity contribution in [1.82, 2.24) is 4.57 Å². The summed E-state index contributed by atoms with van der Waals surface area (Å²) in [6, 6.07) is 80.0. The van der Waals surface area contributed by atoms with Gasteiger partial charge in [-0.25, -0.2) is 0 Å². The Labute approximate surface area is 346 Å². The van der Waals surface area contributed by atoms with E-state index in [4.69, 9.17) is 0 Å². The quantitative estimate of drug-likeness (QED) is 0.164. The van der Waals surface area contributed by atoms with Crippen molar-refractivity contribution in [3.63, 3.8) is 0 Å². The molecule has 3 heteroatoms. The number of hydrogen-bond acceptors (Lipinski definition) is 2. The van der Waals surface area contributed by atoms with Gasteiger partial charge in [-0.1, -0.05) is 158 Å². The smallest absolute Gasteiger partial charge is 0.0562 e. The van der Waals surface area contributed by atoms with Crippen LogP contribution in [0.4, 0.5) is 17.1 Å². The minimum absolute atomic E-state index is 1.10. The van der Waals surface area contributed by atoms with E-state index in [1.807, 2.05) is 11.3 Å². The third-order valence-electron chi connectivity index (χ3n) is 12.0. The van der Waals surface area contributed by atoms with Crippen molar-refractivity contribution in [3.05, 3.63) is 218 Å². The minimum atomic E-state index is 1.10. The second-order valence-electron chi connectivity index (χ2n) is 15.3. The van der Waals surface area contributed by atoms with Crippen LogP contribution in [-0.2, 0) is 0 Å². The third-order valence-corrected chi connectivity index (χ3v) is 13.1. The van der Waals surface area contributed by atoms with E-state index in [1.165, 1.54) is 85.8 Å². The van der Waals surface area contributed by atoms with Gasteiger partial charge in [0.1, 0.15) is 0 Å². The third kappa shape index (κ3) is 5.47. The first kappa shape index (κ1) is 33.7. The number of rotatable bonds is 6. The fourth-order valence-electron chi connectivity index (χ4n) is 9.30. The average Bonchev–Trinajstić information content (AvgIpc) is 3.85. The van der Waals surface area contributed by atoms with Crippen LogP contribution in [0.2, 0.25) is 0 Å². The Kier molecular flexibility index (Phi) is 7.75. The fraction of sp³-hybridized carbons (Fsp3) is 0. The molecule has 10 aromatic carbocycles. The Balaban J connectivity index is 1.07. The first-order chi connectivity index (χ1) is 29.3. The molecule has 0 saturated heterocycles. The molecule has 2 heterocycles. The molecule has 12 rings (SSSR count). The molecular weight excluding hydrogens is 733 g/mol. The first-order valence-corrected chi connectivity index (χ1v) is 21.0. The van der Waals surface area contributed by atoms with Crippen LogP contribution in [-0.4, -0.2) is 4.57 Å². The number of thiophene rings is 1. The van der Waals surface area contributed by atoms with Crippen LogP contribution in [0, 0.1) is 0 Å². The number of nitrogens with zero attached hydrogens (tertiary/aromatic N) is 2. The number of anilines is 3. The van der Waals surface area contributed by atoms with Crippen LogP contribution < -0.4 is 4.90 Å². The van der Waals surface area contributed by atoms with E-state index in [1.54, 1.807) is 0 Å². The van der Waals surface area contributed by atoms with Gasteiger partial charge in [0.15, 0.2) is 0 Å². The van der Waals surface area contributed by atoms with E-state index in [0.717, 1.165) is 22.7 Å². The maximum absolute atomic E-state index is 2.43. The molecule has 2 nitrogen and oxygen atoms in total. The molecule has 0 N–H and O–H groups in total. The summed E-state index contributed by atoms with van der Waals surface area (Å²) in [7, 11) is 0. The number of aromatic nitrogens is 1. The van der Waals surface area contributed by atoms with Crippen LogP contribution in [0.15, 0.2) is 218 Å². The van der Waals surface area contributed by atoms with E-state index in [2.05, 4.69) is 228 Å². The Morgan fingerprint density at radius 2 is 0.932 bits per heavy atom. The monoisotopic (exact) mass is 768 g/mol. The van der Waals surface area contributed by atoms with Gasteiger partial charge in [0.2, 0.25) is 0 Å². The number of para-hydroxylation sites is 1. The van der Waals surface area contributed by atoms with Gasteiger partial charge < -0.3 is 9.47 Å². The van der Waals surface area contributed by atoms with Gasteiger partial charge in [0, 0.05) is 53.7 Å². The summed E-state index contributed by atoms with van der Waals surface area (Å²) in [6.45, 7) is 0. The van der Waals surface area contributed by atoms with E-state index in [9.17, 15) is 0 Å². The summed E-state index contributed by atoms with van der Waals surface area (Å²) in [5.41, 5.74) is 11.7. The molecule has 0 aliphatic heterocycles. The minimum Gasteiger partial charge on any atom is -0.310 e. The number of benzene rings is 10. The molecule has 0 spiro atoms. The van der Waals surface area contributed by atoms with E-state index in [-0.39, 0.29) is 0 Å². The molecule has 0 bridgehead atoms. The zero-order valence-corrected chi connectivity index (χ0v) is 32.9. The zero-order valence-electron chi connectivity index (χ0n) is 32.1. The first-order valence-electron chi connectivity index (χ1n) is 20.2. The molecule has 12 aromatic rings. The zero-order chi connectivity index (χ0) is 38.9. The molecule has 0 fully saturated rings. The van der Waals surface area contributed by atoms with Crippen LogP contribution in [0.1, 0.15) is 0 Å². The van der Waals surface area contributed by atoms with Crippen molar-refractivity contribution in [2.45, 2.75) is 0 Å². The highest BCUT2D eigenvalue weighted by molar-refractivity contribution is 7.25. The molecule has 0 aliphatic carbocycles. The normalized spacial score (nSPS) is 11.7. The lowest BCUT2D eigenvalue weighted by molar-refractivity contribution is 1.18. The summed E-state index contributed by atoms with van der Waals surface area (Å²) in [5, 5.41) is 10.1. The predicted octanol–water partition coefficient (Wildman–Crippen LogP) is 16.3. The SMILES string of the molecule is c1ccc(-c2cccc3cccc(-c4ccc(N(c5ccc6c(c5)sc5ccccc56)c5ccc6c7c8ccccc8ccc7n(-c7ccccc7)c6c5)cc4)c23)cc1. The van der Waals surface area contributed by atoms with Crippen molar-refractivity contribution < 1.29 is 0 Å². The van der Waals surface area contributed by atoms with Crippen LogP contribution in [0.3, 0.4) is 0 Å². The van der Waals surface area contributed by atoms with Gasteiger partial charge in [-0.2, -0.15) is 0 Å². The molecule has 59 heavy (non-hydrogen) atoms. The molecule has 0 saturated carbocycles. The van der Waals surface area contributed by atoms with Crippen molar-refractivity contribution in [3.8, 4) is 27.9 Å². The average molecular weight is 769 g/mol. The molecule has 0 amide bonds. The van der Waals surface area contributed by atoms with Crippen LogP contribution >= 0.6 is 11.3 Å². The summed E-state index contributed by atoms with van der Waals surface area (Å²) in [4.78, 5) is 2.43. The summed E-state index contributed by atoms with van der Waals surface area (Å²) in [6.07, 6.45) is 0. The lowest BCUT2D eigenvalue weighted by Gasteiger charge is -2.26. The molecule has 0 aliphatic rings. The summed E-state index contributed by atoms with van der Waals surface area (Å²) >= 11 is 1.86. The molecular formula is C56H36N2S. The van der Waals surface area contributed by atoms with E-state index >= 15 is 0 Å². The Hall–Kier alpha value is -7.46. The highest BCUT2D eigenvalue weighted by atomic mass is 32.1. The lowest BCUT2D eigenvalue weighted by Crippen LogP contribution is -2.10. The number of hydrogen-bond donors (Lipinski definition) is 0. The number of fused-ring (bicyclic) bond motifs is 9. The second-order valence-corrected chi connectivity index (χ2v) is 16.4. The van der Waals surface area contributed by atoms with Gasteiger partial charge in [0.05, 0.1) is 11.0 Å². The highest BCUT2D eigenvalue weighted by Gasteiger charge is 2.20. The van der Waals surface area contributed by atoms with Gasteiger partial charge >= 0.3 is 0 Å². The maximum Gasteiger partial charge on any atom is 0.0562 e. The Bertz CT molecular complexity index is 3540. The van der Waals surface area contributed by atoms with Crippen molar-refractivity contribution in [1.29, 1.82) is 0 Å². The van der Waals surface area contributed by atoms with Gasteiger partial charge in [-0.05, 0) is 104 Å². The van der Waals surface area contributed by atoms with Crippen LogP contribution in [0.25, 0.3) is 91.5 Å². The van der Waals surface area contributed by atoms with Gasteiger partial charge in [0.25, 0.3) is 0 Å². The second kappa shape index (κ2) is 13.6. The molecule has 0 atom stereocenters. The topological polar surface area (TPSA) is 8.17 Å². The van der Waals surface area contributed by atoms with E-state index in [0.29, 0.717) is 0 Å². The summed E-state index contributed by atoms with van der Waals surface area (Å²) < 4.78 is 5.02. The van der Waals surface area contributed by atoms with Crippen molar-refractivity contribution >= 4 is 91.9 Å². The molecule has 2 aromatic heterocycles. The predicted molar refractivity (Wildman–Crippen MR) is 254 cm³/mol. The largest absolute Gasteiger partial charge is 0.310 e. The highest BCUT2D eigenvalue weighted by Crippen LogP contribution is 2.45. The van der Waals surface area contributed by atoms with E-state index < -0.39 is 0 Å². The van der Waals surface area contributed by atoms with Crippen molar-refractivity contribution in [2.75, 3.05) is 4.90 Å². The summed E-state index contributed by atoms with van der Waals surface area (Å²) in [5.74, 6) is 0. The Morgan fingerprint density at radius 1 is 0.339 bits per heavy atom. The maximum atomic E-state index is 2.43. The van der Waals surface area contributed by atoms with Gasteiger partial charge in [-0.15, -0.1) is 11.3 Å². The molecule has 0 radical (unpaired) electrons. The standard InChI is InChI=1S/C56H36N2S/c1-3-13-37(14-4-1)45-22-11-16-40-17-12-23-46(55(40)45)39-25-28-42(29-26-39)57(44-30-32-49-48-21-9-10-24-53(48)59-54(49)36-44)43-31-33-50-52(35-43)58(41-18-5-2-6-19-41)51-34-27-38-15-7-8-20-47(38)56(50)51/h1-36H. The van der Waals surface area contributed by atoms with Gasteiger partial charge in [-0.3, -0.25) is 0 Å².